The average Bonchev–Trinajstić information content (AvgIpc) is 2.61. The van der Waals surface area contributed by atoms with Gasteiger partial charge in [0.2, 0.25) is 0 Å². The highest BCUT2D eigenvalue weighted by Crippen LogP contribution is 2.23. The number of hydrogen-bond acceptors (Lipinski definition) is 2. The van der Waals surface area contributed by atoms with Gasteiger partial charge in [-0.15, -0.1) is 11.3 Å². The van der Waals surface area contributed by atoms with E-state index in [4.69, 9.17) is 0 Å². The highest BCUT2D eigenvalue weighted by Gasteiger charge is 2.13. The van der Waals surface area contributed by atoms with Crippen LogP contribution in [0.25, 0.3) is 0 Å². The molecule has 1 aromatic rings. The Morgan fingerprint density at radius 3 is 2.57 bits per heavy atom. The molecular formula is C11H15BrOS. The first-order valence-corrected chi connectivity index (χ1v) is 6.61. The third-order valence-corrected chi connectivity index (χ3v) is 4.20. The van der Waals surface area contributed by atoms with Crippen LogP contribution in [-0.4, -0.2) is 5.78 Å². The highest BCUT2D eigenvalue weighted by atomic mass is 79.9. The van der Waals surface area contributed by atoms with Gasteiger partial charge in [0.05, 0.1) is 4.88 Å². The van der Waals surface area contributed by atoms with Gasteiger partial charge in [0.15, 0.2) is 5.78 Å². The van der Waals surface area contributed by atoms with Gasteiger partial charge in [-0.25, -0.2) is 0 Å². The molecule has 0 aliphatic carbocycles. The normalized spacial score (nSPS) is 10.9. The zero-order chi connectivity index (χ0) is 10.6. The van der Waals surface area contributed by atoms with E-state index in [9.17, 15) is 4.79 Å². The number of halogens is 1. The van der Waals surface area contributed by atoms with E-state index in [-0.39, 0.29) is 5.78 Å². The van der Waals surface area contributed by atoms with E-state index in [1.807, 2.05) is 11.4 Å². The van der Waals surface area contributed by atoms with Crippen LogP contribution < -0.4 is 0 Å². The van der Waals surface area contributed by atoms with Gasteiger partial charge in [-0.1, -0.05) is 26.7 Å². The average molecular weight is 275 g/mol. The minimum absolute atomic E-state index is 0.286. The van der Waals surface area contributed by atoms with Crippen molar-refractivity contribution in [2.75, 3.05) is 0 Å². The summed E-state index contributed by atoms with van der Waals surface area (Å²) < 4.78 is 1.01. The Labute approximate surface area is 97.7 Å². The van der Waals surface area contributed by atoms with Crippen LogP contribution in [0, 0.1) is 5.92 Å². The van der Waals surface area contributed by atoms with E-state index in [2.05, 4.69) is 29.8 Å². The van der Waals surface area contributed by atoms with Gasteiger partial charge >= 0.3 is 0 Å². The zero-order valence-electron chi connectivity index (χ0n) is 8.55. The molecule has 0 atom stereocenters. The Balaban J connectivity index is 2.58. The molecule has 14 heavy (non-hydrogen) atoms. The summed E-state index contributed by atoms with van der Waals surface area (Å²) in [5.74, 6) is 0.831. The van der Waals surface area contributed by atoms with Crippen molar-refractivity contribution in [1.82, 2.24) is 0 Å². The summed E-state index contributed by atoms with van der Waals surface area (Å²) >= 11 is 4.88. The molecule has 0 fully saturated rings. The number of rotatable bonds is 5. The molecule has 0 N–H and O–H groups in total. The number of Topliss-reactive ketones (excluding diaryl/α,β-unsaturated/α-hetero) is 1. The summed E-state index contributed by atoms with van der Waals surface area (Å²) in [6, 6.07) is 1.91. The Bertz CT molecular complexity index is 302. The quantitative estimate of drug-likeness (QED) is 0.722. The van der Waals surface area contributed by atoms with E-state index < -0.39 is 0 Å². The Morgan fingerprint density at radius 1 is 1.50 bits per heavy atom. The van der Waals surface area contributed by atoms with Gasteiger partial charge in [-0.2, -0.15) is 0 Å². The number of carbonyl (C=O) groups is 1. The fourth-order valence-electron chi connectivity index (χ4n) is 1.40. The number of ketones is 1. The molecule has 0 amide bonds. The summed E-state index contributed by atoms with van der Waals surface area (Å²) in [4.78, 5) is 12.7. The molecule has 0 unspecified atom stereocenters. The SMILES string of the molecule is CCC(CC)CC(=O)c1cc(Br)cs1. The molecule has 78 valence electrons. The van der Waals surface area contributed by atoms with Gasteiger partial charge in [-0.3, -0.25) is 4.79 Å². The summed E-state index contributed by atoms with van der Waals surface area (Å²) in [5.41, 5.74) is 0. The van der Waals surface area contributed by atoms with Crippen molar-refractivity contribution in [3.63, 3.8) is 0 Å². The smallest absolute Gasteiger partial charge is 0.173 e. The fourth-order valence-corrected chi connectivity index (χ4v) is 2.78. The molecule has 0 saturated heterocycles. The summed E-state index contributed by atoms with van der Waals surface area (Å²) in [6.45, 7) is 4.29. The molecule has 0 aliphatic heterocycles. The first-order chi connectivity index (χ1) is 6.67. The lowest BCUT2D eigenvalue weighted by atomic mass is 9.96. The standard InChI is InChI=1S/C11H15BrOS/c1-3-8(4-2)5-10(13)11-6-9(12)7-14-11/h6-8H,3-5H2,1-2H3. The number of thiophene rings is 1. The first-order valence-electron chi connectivity index (χ1n) is 4.94. The molecule has 0 saturated carbocycles. The molecular weight excluding hydrogens is 260 g/mol. The second-order valence-electron chi connectivity index (χ2n) is 3.44. The van der Waals surface area contributed by atoms with Crippen molar-refractivity contribution < 1.29 is 4.79 Å². The largest absolute Gasteiger partial charge is 0.293 e. The Kier molecular flexibility index (Phi) is 4.82. The molecule has 1 aromatic heterocycles. The lowest BCUT2D eigenvalue weighted by molar-refractivity contribution is 0.0962. The van der Waals surface area contributed by atoms with Crippen LogP contribution in [0.4, 0.5) is 0 Å². The summed E-state index contributed by atoms with van der Waals surface area (Å²) in [6.07, 6.45) is 2.88. The van der Waals surface area contributed by atoms with Crippen molar-refractivity contribution in [3.8, 4) is 0 Å². The third-order valence-electron chi connectivity index (χ3n) is 2.47. The maximum Gasteiger partial charge on any atom is 0.173 e. The monoisotopic (exact) mass is 274 g/mol. The molecule has 0 aliphatic rings. The van der Waals surface area contributed by atoms with Gasteiger partial charge in [0, 0.05) is 16.3 Å². The van der Waals surface area contributed by atoms with Crippen LogP contribution in [0.5, 0.6) is 0 Å². The van der Waals surface area contributed by atoms with E-state index in [1.54, 1.807) is 0 Å². The van der Waals surface area contributed by atoms with E-state index >= 15 is 0 Å². The maximum atomic E-state index is 11.8. The predicted octanol–water partition coefficient (Wildman–Crippen LogP) is 4.52. The van der Waals surface area contributed by atoms with Crippen molar-refractivity contribution >= 4 is 33.0 Å². The van der Waals surface area contributed by atoms with Crippen LogP contribution in [0.3, 0.4) is 0 Å². The second kappa shape index (κ2) is 5.66. The Morgan fingerprint density at radius 2 is 2.14 bits per heavy atom. The zero-order valence-corrected chi connectivity index (χ0v) is 11.0. The van der Waals surface area contributed by atoms with E-state index in [0.717, 1.165) is 22.2 Å². The molecule has 3 heteroatoms. The molecule has 0 aromatic carbocycles. The first kappa shape index (κ1) is 11.9. The van der Waals surface area contributed by atoms with Crippen LogP contribution in [0.15, 0.2) is 15.9 Å². The van der Waals surface area contributed by atoms with Crippen LogP contribution in [0.2, 0.25) is 0 Å². The molecule has 0 spiro atoms. The summed E-state index contributed by atoms with van der Waals surface area (Å²) in [5, 5.41) is 1.96. The molecule has 0 radical (unpaired) electrons. The lowest BCUT2D eigenvalue weighted by Crippen LogP contribution is -2.05. The summed E-state index contributed by atoms with van der Waals surface area (Å²) in [7, 11) is 0. The highest BCUT2D eigenvalue weighted by molar-refractivity contribution is 9.10. The maximum absolute atomic E-state index is 11.8. The van der Waals surface area contributed by atoms with Crippen molar-refractivity contribution in [1.29, 1.82) is 0 Å². The van der Waals surface area contributed by atoms with E-state index in [0.29, 0.717) is 12.3 Å². The fraction of sp³-hybridized carbons (Fsp3) is 0.545. The number of hydrogen-bond donors (Lipinski definition) is 0. The predicted molar refractivity (Wildman–Crippen MR) is 65.0 cm³/mol. The third kappa shape index (κ3) is 3.21. The second-order valence-corrected chi connectivity index (χ2v) is 5.27. The van der Waals surface area contributed by atoms with Crippen molar-refractivity contribution in [2.45, 2.75) is 33.1 Å². The van der Waals surface area contributed by atoms with Crippen molar-refractivity contribution in [2.24, 2.45) is 5.92 Å². The molecule has 1 heterocycles. The van der Waals surface area contributed by atoms with Crippen LogP contribution in [0.1, 0.15) is 42.8 Å². The van der Waals surface area contributed by atoms with E-state index in [1.165, 1.54) is 11.3 Å². The molecule has 0 bridgehead atoms. The molecule has 1 nitrogen and oxygen atoms in total. The minimum atomic E-state index is 0.286. The minimum Gasteiger partial charge on any atom is -0.293 e. The van der Waals surface area contributed by atoms with Gasteiger partial charge < -0.3 is 0 Å². The topological polar surface area (TPSA) is 17.1 Å². The van der Waals surface area contributed by atoms with Crippen molar-refractivity contribution in [3.05, 3.63) is 20.8 Å². The van der Waals surface area contributed by atoms with Gasteiger partial charge in [0.1, 0.15) is 0 Å². The lowest BCUT2D eigenvalue weighted by Gasteiger charge is -2.09. The van der Waals surface area contributed by atoms with Crippen LogP contribution in [-0.2, 0) is 0 Å². The van der Waals surface area contributed by atoms with Crippen LogP contribution >= 0.6 is 27.3 Å². The van der Waals surface area contributed by atoms with Gasteiger partial charge in [-0.05, 0) is 27.9 Å². The molecule has 1 rings (SSSR count). The van der Waals surface area contributed by atoms with Gasteiger partial charge in [0.25, 0.3) is 0 Å². The number of carbonyl (C=O) groups excluding carboxylic acids is 1. The Hall–Kier alpha value is -0.150.